The van der Waals surface area contributed by atoms with Gasteiger partial charge in [-0.05, 0) is 36.6 Å². The first-order chi connectivity index (χ1) is 16.5. The molecule has 5 atom stereocenters. The molecule has 4 rings (SSSR count). The van der Waals surface area contributed by atoms with Crippen molar-refractivity contribution in [3.05, 3.63) is 65.2 Å². The predicted molar refractivity (Wildman–Crippen MR) is 129 cm³/mol. The largest absolute Gasteiger partial charge is 0.392 e. The van der Waals surface area contributed by atoms with Gasteiger partial charge in [-0.25, -0.2) is 4.79 Å². The van der Waals surface area contributed by atoms with E-state index in [1.165, 1.54) is 0 Å². The molecule has 0 saturated carbocycles. The number of amides is 2. The van der Waals surface area contributed by atoms with Crippen LogP contribution in [0.3, 0.4) is 0 Å². The Bertz CT molecular complexity index is 954. The first-order valence-corrected chi connectivity index (χ1v) is 12.0. The van der Waals surface area contributed by atoms with Crippen molar-refractivity contribution in [3.8, 4) is 0 Å². The zero-order chi connectivity index (χ0) is 24.1. The van der Waals surface area contributed by atoms with Crippen LogP contribution in [0.2, 0.25) is 0 Å². The summed E-state index contributed by atoms with van der Waals surface area (Å²) >= 11 is 0. The number of benzene rings is 2. The van der Waals surface area contributed by atoms with E-state index in [0.29, 0.717) is 25.3 Å². The molecular formula is C26H35N3O5. The normalized spacial score (nSPS) is 27.5. The maximum atomic E-state index is 12.0. The molecule has 2 saturated heterocycles. The lowest BCUT2D eigenvalue weighted by Gasteiger charge is -2.42. The number of rotatable bonds is 7. The molecule has 2 heterocycles. The lowest BCUT2D eigenvalue weighted by Crippen LogP contribution is -2.44. The van der Waals surface area contributed by atoms with Crippen molar-refractivity contribution in [3.63, 3.8) is 0 Å². The van der Waals surface area contributed by atoms with E-state index in [1.54, 1.807) is 0 Å². The average Bonchev–Trinajstić information content (AvgIpc) is 3.25. The zero-order valence-electron chi connectivity index (χ0n) is 19.8. The third kappa shape index (κ3) is 5.95. The summed E-state index contributed by atoms with van der Waals surface area (Å²) in [6.45, 7) is 6.75. The monoisotopic (exact) mass is 469 g/mol. The third-order valence-electron chi connectivity index (χ3n) is 6.56. The molecule has 0 bridgehead atoms. The van der Waals surface area contributed by atoms with Crippen LogP contribution in [0.1, 0.15) is 49.4 Å². The Morgan fingerprint density at radius 1 is 1.15 bits per heavy atom. The Labute approximate surface area is 200 Å². The first kappa shape index (κ1) is 24.6. The van der Waals surface area contributed by atoms with Gasteiger partial charge in [0.1, 0.15) is 0 Å². The molecule has 0 radical (unpaired) electrons. The van der Waals surface area contributed by atoms with Gasteiger partial charge in [-0.15, -0.1) is 0 Å². The van der Waals surface area contributed by atoms with Crippen LogP contribution >= 0.6 is 0 Å². The number of hydrogen-bond acceptors (Lipinski definition) is 6. The maximum absolute atomic E-state index is 12.0. The Morgan fingerprint density at radius 2 is 1.94 bits per heavy atom. The topological polar surface area (TPSA) is 103 Å². The van der Waals surface area contributed by atoms with E-state index in [2.05, 4.69) is 22.5 Å². The summed E-state index contributed by atoms with van der Waals surface area (Å²) in [5, 5.41) is 25.0. The molecule has 2 aliphatic heterocycles. The van der Waals surface area contributed by atoms with Gasteiger partial charge in [0.25, 0.3) is 0 Å². The van der Waals surface area contributed by atoms with E-state index in [4.69, 9.17) is 9.47 Å². The van der Waals surface area contributed by atoms with E-state index in [1.807, 2.05) is 55.5 Å². The van der Waals surface area contributed by atoms with Crippen LogP contribution in [0.4, 0.5) is 10.5 Å². The fraction of sp³-hybridized carbons (Fsp3) is 0.500. The van der Waals surface area contributed by atoms with Crippen LogP contribution in [0, 0.1) is 5.92 Å². The second kappa shape index (κ2) is 11.3. The number of hydrogen-bond donors (Lipinski definition) is 4. The smallest absolute Gasteiger partial charge is 0.319 e. The van der Waals surface area contributed by atoms with Crippen molar-refractivity contribution >= 4 is 11.7 Å². The van der Waals surface area contributed by atoms with Crippen molar-refractivity contribution in [1.29, 1.82) is 0 Å². The molecule has 2 aromatic carbocycles. The number of aliphatic hydroxyl groups is 2. The first-order valence-electron chi connectivity index (χ1n) is 12.0. The van der Waals surface area contributed by atoms with Crippen LogP contribution < -0.4 is 10.6 Å². The molecule has 5 unspecified atom stereocenters. The summed E-state index contributed by atoms with van der Waals surface area (Å²) in [5.41, 5.74) is 3.37. The molecule has 0 aliphatic carbocycles. The van der Waals surface area contributed by atoms with E-state index in [0.717, 1.165) is 29.7 Å². The Morgan fingerprint density at radius 3 is 2.62 bits per heavy atom. The molecule has 8 heteroatoms. The van der Waals surface area contributed by atoms with Gasteiger partial charge in [0.2, 0.25) is 0 Å². The zero-order valence-corrected chi connectivity index (χ0v) is 19.8. The average molecular weight is 470 g/mol. The molecule has 2 amide bonds. The highest BCUT2D eigenvalue weighted by Gasteiger charge is 2.39. The molecule has 34 heavy (non-hydrogen) atoms. The Balaban J connectivity index is 1.57. The van der Waals surface area contributed by atoms with Gasteiger partial charge >= 0.3 is 6.03 Å². The van der Waals surface area contributed by atoms with Crippen molar-refractivity contribution in [1.82, 2.24) is 10.2 Å². The molecule has 184 valence electrons. The number of likely N-dealkylation sites (tertiary alicyclic amines) is 1. The summed E-state index contributed by atoms with van der Waals surface area (Å²) in [5.74, 6) is 0.0746. The molecular weight excluding hydrogens is 434 g/mol. The number of nitrogens with one attached hydrogen (secondary N) is 2. The van der Waals surface area contributed by atoms with E-state index in [-0.39, 0.29) is 36.9 Å². The van der Waals surface area contributed by atoms with E-state index in [9.17, 15) is 15.0 Å². The quantitative estimate of drug-likeness (QED) is 0.497. The fourth-order valence-corrected chi connectivity index (χ4v) is 4.66. The van der Waals surface area contributed by atoms with Gasteiger partial charge in [0.15, 0.2) is 6.29 Å². The minimum atomic E-state index is -0.604. The standard InChI is InChI=1S/C26H35N3O5/c1-3-27-26(32)28-21-6-4-5-20(13-21)25-33-23(15-29-12-11-22(31)14-29)17(2)24(34-25)19-9-7-18(16-30)8-10-19/h4-10,13,17,22-25,30-31H,3,11-12,14-16H2,1-2H3,(H2,27,28,32). The van der Waals surface area contributed by atoms with Gasteiger partial charge in [-0.1, -0.05) is 43.3 Å². The van der Waals surface area contributed by atoms with Crippen LogP contribution in [0.5, 0.6) is 0 Å². The van der Waals surface area contributed by atoms with Crippen LogP contribution in [0.25, 0.3) is 0 Å². The number of urea groups is 1. The number of carbonyl (C=O) groups excluding carboxylic acids is 1. The highest BCUT2D eigenvalue weighted by atomic mass is 16.7. The molecule has 2 fully saturated rings. The summed E-state index contributed by atoms with van der Waals surface area (Å²) in [6.07, 6.45) is -0.423. The highest BCUT2D eigenvalue weighted by molar-refractivity contribution is 5.89. The molecule has 4 N–H and O–H groups in total. The molecule has 8 nitrogen and oxygen atoms in total. The minimum Gasteiger partial charge on any atom is -0.392 e. The number of β-amino-alcohol motifs (C(OH)–C–C–N with tert-alkyl or cyclic N) is 1. The number of ether oxygens (including phenoxy) is 2. The Kier molecular flexibility index (Phi) is 8.18. The fourth-order valence-electron chi connectivity index (χ4n) is 4.66. The highest BCUT2D eigenvalue weighted by Crippen LogP contribution is 2.42. The van der Waals surface area contributed by atoms with Gasteiger partial charge in [-0.2, -0.15) is 0 Å². The Hall–Kier alpha value is -2.49. The SMILES string of the molecule is CCNC(=O)Nc1cccc(C2OC(CN3CCC(O)C3)C(C)C(c3ccc(CO)cc3)O2)c1. The summed E-state index contributed by atoms with van der Waals surface area (Å²) in [6, 6.07) is 15.1. The van der Waals surface area contributed by atoms with E-state index >= 15 is 0 Å². The van der Waals surface area contributed by atoms with Gasteiger partial charge in [0.05, 0.1) is 24.9 Å². The number of carbonyl (C=O) groups is 1. The van der Waals surface area contributed by atoms with E-state index < -0.39 is 6.29 Å². The lowest BCUT2D eigenvalue weighted by atomic mass is 9.90. The van der Waals surface area contributed by atoms with Gasteiger partial charge in [0, 0.05) is 43.3 Å². The second-order valence-corrected chi connectivity index (χ2v) is 9.13. The molecule has 2 aromatic rings. The van der Waals surface area contributed by atoms with Crippen molar-refractivity contribution < 1.29 is 24.5 Å². The van der Waals surface area contributed by atoms with Crippen molar-refractivity contribution in [2.75, 3.05) is 31.5 Å². The molecule has 2 aliphatic rings. The van der Waals surface area contributed by atoms with Crippen LogP contribution in [0.15, 0.2) is 48.5 Å². The maximum Gasteiger partial charge on any atom is 0.319 e. The number of anilines is 1. The molecule has 0 aromatic heterocycles. The van der Waals surface area contributed by atoms with Gasteiger partial charge < -0.3 is 30.3 Å². The summed E-state index contributed by atoms with van der Waals surface area (Å²) < 4.78 is 13.0. The number of nitrogens with zero attached hydrogens (tertiary/aromatic N) is 1. The second-order valence-electron chi connectivity index (χ2n) is 9.13. The van der Waals surface area contributed by atoms with Gasteiger partial charge in [-0.3, -0.25) is 4.90 Å². The van der Waals surface area contributed by atoms with Crippen molar-refractivity contribution in [2.24, 2.45) is 5.92 Å². The van der Waals surface area contributed by atoms with Crippen molar-refractivity contribution in [2.45, 2.75) is 51.5 Å². The third-order valence-corrected chi connectivity index (χ3v) is 6.56. The van der Waals surface area contributed by atoms with Crippen LogP contribution in [-0.2, 0) is 16.1 Å². The van der Waals surface area contributed by atoms with Crippen LogP contribution in [-0.4, -0.2) is 59.5 Å². The predicted octanol–water partition coefficient (Wildman–Crippen LogP) is 3.18. The molecule has 0 spiro atoms. The summed E-state index contributed by atoms with van der Waals surface area (Å²) in [4.78, 5) is 14.2. The lowest BCUT2D eigenvalue weighted by molar-refractivity contribution is -0.276. The number of aliphatic hydroxyl groups excluding tert-OH is 2. The summed E-state index contributed by atoms with van der Waals surface area (Å²) in [7, 11) is 0. The minimum absolute atomic E-state index is 0.00158.